The molecule has 5 nitrogen and oxygen atoms in total. The number of nitrogens with zero attached hydrogens (tertiary/aromatic N) is 2. The number of pyridine rings is 2. The molecule has 30 heavy (non-hydrogen) atoms. The fraction of sp³-hybridized carbons (Fsp3) is 0.280. The van der Waals surface area contributed by atoms with Crippen molar-refractivity contribution in [3.63, 3.8) is 0 Å². The summed E-state index contributed by atoms with van der Waals surface area (Å²) in [7, 11) is 0. The maximum atomic E-state index is 8.88. The zero-order chi connectivity index (χ0) is 20.9. The second-order valence-electron chi connectivity index (χ2n) is 7.44. The lowest BCUT2D eigenvalue weighted by Crippen LogP contribution is -2.01. The molecule has 5 heteroatoms. The van der Waals surface area contributed by atoms with Crippen molar-refractivity contribution in [3.05, 3.63) is 66.6 Å². The molecular weight excluding hydrogens is 376 g/mol. The SMILES string of the molecule is CCCC(C)c1ccc(-c2ccnc3cc(-c4ccc(OCCO)cc4)oc23)cn1. The van der Waals surface area contributed by atoms with Gasteiger partial charge in [-0.1, -0.05) is 26.3 Å². The maximum absolute atomic E-state index is 8.88. The highest BCUT2D eigenvalue weighted by atomic mass is 16.5. The van der Waals surface area contributed by atoms with Crippen LogP contribution in [0, 0.1) is 0 Å². The number of aliphatic hydroxyl groups excluding tert-OH is 1. The second kappa shape index (κ2) is 9.09. The van der Waals surface area contributed by atoms with Crippen LogP contribution in [0.3, 0.4) is 0 Å². The summed E-state index contributed by atoms with van der Waals surface area (Å²) in [6.45, 7) is 4.69. The molecule has 1 N–H and O–H groups in total. The number of aliphatic hydroxyl groups is 1. The first-order chi connectivity index (χ1) is 14.7. The summed E-state index contributed by atoms with van der Waals surface area (Å²) < 4.78 is 11.6. The highest BCUT2D eigenvalue weighted by Crippen LogP contribution is 2.34. The molecule has 154 valence electrons. The van der Waals surface area contributed by atoms with Gasteiger partial charge in [0.05, 0.1) is 6.61 Å². The summed E-state index contributed by atoms with van der Waals surface area (Å²) in [5.74, 6) is 1.92. The molecule has 0 saturated heterocycles. The fourth-order valence-electron chi connectivity index (χ4n) is 3.62. The van der Waals surface area contributed by atoms with Crippen LogP contribution in [0.1, 0.15) is 38.3 Å². The Balaban J connectivity index is 1.64. The molecule has 0 saturated carbocycles. The molecule has 1 atom stereocenters. The number of benzene rings is 1. The van der Waals surface area contributed by atoms with Gasteiger partial charge >= 0.3 is 0 Å². The first kappa shape index (κ1) is 20.1. The Kier molecular flexibility index (Phi) is 6.10. The molecule has 1 unspecified atom stereocenters. The van der Waals surface area contributed by atoms with Gasteiger partial charge in [0.15, 0.2) is 5.58 Å². The Labute approximate surface area is 176 Å². The molecule has 0 bridgehead atoms. The van der Waals surface area contributed by atoms with Gasteiger partial charge in [-0.2, -0.15) is 0 Å². The lowest BCUT2D eigenvalue weighted by Gasteiger charge is -2.10. The first-order valence-electron chi connectivity index (χ1n) is 10.4. The van der Waals surface area contributed by atoms with Gasteiger partial charge < -0.3 is 14.3 Å². The molecule has 3 heterocycles. The van der Waals surface area contributed by atoms with Crippen LogP contribution in [0.25, 0.3) is 33.6 Å². The van der Waals surface area contributed by atoms with Crippen LogP contribution in [0.4, 0.5) is 0 Å². The van der Waals surface area contributed by atoms with E-state index < -0.39 is 0 Å². The standard InChI is InChI=1S/C25H26N2O3/c1-3-4-17(2)22-10-7-19(16-27-22)21-11-12-26-23-15-24(30-25(21)23)18-5-8-20(9-6-18)29-14-13-28/h5-12,15-17,28H,3-4,13-14H2,1-2H3. The highest BCUT2D eigenvalue weighted by Gasteiger charge is 2.14. The Morgan fingerprint density at radius 1 is 1.03 bits per heavy atom. The van der Waals surface area contributed by atoms with Gasteiger partial charge in [0.1, 0.15) is 23.6 Å². The third-order valence-electron chi connectivity index (χ3n) is 5.23. The summed E-state index contributed by atoms with van der Waals surface area (Å²) in [6, 6.07) is 15.8. The summed E-state index contributed by atoms with van der Waals surface area (Å²) >= 11 is 0. The minimum absolute atomic E-state index is 0.00682. The zero-order valence-electron chi connectivity index (χ0n) is 17.3. The molecule has 0 radical (unpaired) electrons. The van der Waals surface area contributed by atoms with Crippen molar-refractivity contribution >= 4 is 11.1 Å². The topological polar surface area (TPSA) is 68.4 Å². The molecule has 0 fully saturated rings. The Hall–Kier alpha value is -3.18. The van der Waals surface area contributed by atoms with Gasteiger partial charge in [0, 0.05) is 40.8 Å². The van der Waals surface area contributed by atoms with Crippen LogP contribution in [-0.4, -0.2) is 28.3 Å². The first-order valence-corrected chi connectivity index (χ1v) is 10.4. The van der Waals surface area contributed by atoms with Gasteiger partial charge in [-0.15, -0.1) is 0 Å². The van der Waals surface area contributed by atoms with E-state index in [0.717, 1.165) is 52.1 Å². The minimum Gasteiger partial charge on any atom is -0.491 e. The molecule has 1 aromatic carbocycles. The average Bonchev–Trinajstić information content (AvgIpc) is 3.23. The molecule has 4 aromatic rings. The molecule has 0 aliphatic heterocycles. The van der Waals surface area contributed by atoms with Crippen molar-refractivity contribution in [2.45, 2.75) is 32.6 Å². The smallest absolute Gasteiger partial charge is 0.161 e. The van der Waals surface area contributed by atoms with Crippen LogP contribution in [0.5, 0.6) is 5.75 Å². The number of hydrogen-bond donors (Lipinski definition) is 1. The predicted octanol–water partition coefficient (Wildman–Crippen LogP) is 5.83. The van der Waals surface area contributed by atoms with Crippen molar-refractivity contribution in [2.75, 3.05) is 13.2 Å². The van der Waals surface area contributed by atoms with Crippen LogP contribution in [0.15, 0.2) is 65.3 Å². The van der Waals surface area contributed by atoms with E-state index in [4.69, 9.17) is 14.3 Å². The summed E-state index contributed by atoms with van der Waals surface area (Å²) in [5, 5.41) is 8.88. The third-order valence-corrected chi connectivity index (χ3v) is 5.23. The monoisotopic (exact) mass is 402 g/mol. The van der Waals surface area contributed by atoms with E-state index in [1.807, 2.05) is 42.6 Å². The van der Waals surface area contributed by atoms with E-state index in [0.29, 0.717) is 11.7 Å². The maximum Gasteiger partial charge on any atom is 0.161 e. The predicted molar refractivity (Wildman–Crippen MR) is 119 cm³/mol. The number of furan rings is 1. The van der Waals surface area contributed by atoms with Crippen LogP contribution < -0.4 is 4.74 Å². The average molecular weight is 402 g/mol. The zero-order valence-corrected chi connectivity index (χ0v) is 17.3. The largest absolute Gasteiger partial charge is 0.491 e. The number of hydrogen-bond acceptors (Lipinski definition) is 5. The molecule has 4 rings (SSSR count). The highest BCUT2D eigenvalue weighted by molar-refractivity contribution is 5.92. The van der Waals surface area contributed by atoms with Gasteiger partial charge in [0.25, 0.3) is 0 Å². The normalized spacial score (nSPS) is 12.2. The summed E-state index contributed by atoms with van der Waals surface area (Å²) in [6.07, 6.45) is 6.01. The summed E-state index contributed by atoms with van der Waals surface area (Å²) in [5.41, 5.74) is 5.63. The molecular formula is C25H26N2O3. The van der Waals surface area contributed by atoms with Crippen molar-refractivity contribution in [3.8, 4) is 28.2 Å². The van der Waals surface area contributed by atoms with E-state index in [1.54, 1.807) is 6.20 Å². The Bertz CT molecular complexity index is 1100. The number of rotatable bonds is 8. The third kappa shape index (κ3) is 4.21. The van der Waals surface area contributed by atoms with Gasteiger partial charge in [0.2, 0.25) is 0 Å². The van der Waals surface area contributed by atoms with E-state index in [1.165, 1.54) is 0 Å². The van der Waals surface area contributed by atoms with Crippen molar-refractivity contribution < 1.29 is 14.3 Å². The van der Waals surface area contributed by atoms with Crippen LogP contribution >= 0.6 is 0 Å². The fourth-order valence-corrected chi connectivity index (χ4v) is 3.62. The Morgan fingerprint density at radius 2 is 1.83 bits per heavy atom. The molecule has 3 aromatic heterocycles. The van der Waals surface area contributed by atoms with E-state index >= 15 is 0 Å². The number of fused-ring (bicyclic) bond motifs is 1. The quantitative estimate of drug-likeness (QED) is 0.401. The van der Waals surface area contributed by atoms with Crippen molar-refractivity contribution in [1.82, 2.24) is 9.97 Å². The lowest BCUT2D eigenvalue weighted by molar-refractivity contribution is 0.201. The minimum atomic E-state index is -0.00682. The number of ether oxygens (including phenoxy) is 1. The lowest BCUT2D eigenvalue weighted by atomic mass is 10.00. The summed E-state index contributed by atoms with van der Waals surface area (Å²) in [4.78, 5) is 9.16. The second-order valence-corrected chi connectivity index (χ2v) is 7.44. The Morgan fingerprint density at radius 3 is 2.53 bits per heavy atom. The van der Waals surface area contributed by atoms with Crippen LogP contribution in [0.2, 0.25) is 0 Å². The molecule has 0 aliphatic rings. The molecule has 0 aliphatic carbocycles. The number of aromatic nitrogens is 2. The molecule has 0 amide bonds. The van der Waals surface area contributed by atoms with Gasteiger partial charge in [-0.3, -0.25) is 9.97 Å². The molecule has 0 spiro atoms. The van der Waals surface area contributed by atoms with Crippen molar-refractivity contribution in [1.29, 1.82) is 0 Å². The van der Waals surface area contributed by atoms with E-state index in [9.17, 15) is 0 Å². The van der Waals surface area contributed by atoms with Crippen LogP contribution in [-0.2, 0) is 0 Å². The van der Waals surface area contributed by atoms with E-state index in [-0.39, 0.29) is 13.2 Å². The van der Waals surface area contributed by atoms with E-state index in [2.05, 4.69) is 35.9 Å². The van der Waals surface area contributed by atoms with Gasteiger partial charge in [-0.05, 0) is 48.7 Å². The van der Waals surface area contributed by atoms with Gasteiger partial charge in [-0.25, -0.2) is 0 Å². The van der Waals surface area contributed by atoms with Crippen molar-refractivity contribution in [2.24, 2.45) is 0 Å².